The molecule has 0 fully saturated rings. The van der Waals surface area contributed by atoms with Crippen molar-refractivity contribution in [3.8, 4) is 11.3 Å². The Bertz CT molecular complexity index is 1050. The van der Waals surface area contributed by atoms with E-state index in [1.165, 1.54) is 0 Å². The molecule has 2 N–H and O–H groups in total. The van der Waals surface area contributed by atoms with Gasteiger partial charge in [-0.3, -0.25) is 0 Å². The van der Waals surface area contributed by atoms with Crippen LogP contribution in [0, 0.1) is 6.92 Å². The molecule has 0 saturated heterocycles. The summed E-state index contributed by atoms with van der Waals surface area (Å²) in [5.74, 6) is -0.118. The van der Waals surface area contributed by atoms with Gasteiger partial charge in [-0.05, 0) is 25.1 Å². The molecular weight excluding hydrogens is 328 g/mol. The van der Waals surface area contributed by atoms with E-state index < -0.39 is 5.91 Å². The predicted molar refractivity (Wildman–Crippen MR) is 93.3 cm³/mol. The van der Waals surface area contributed by atoms with Crippen molar-refractivity contribution in [2.24, 2.45) is 0 Å². The second-order valence-electron chi connectivity index (χ2n) is 5.50. The van der Waals surface area contributed by atoms with Crippen molar-refractivity contribution in [2.75, 3.05) is 5.73 Å². The lowest BCUT2D eigenvalue weighted by atomic mass is 10.2. The Balaban J connectivity index is 1.90. The molecule has 0 aliphatic heterocycles. The fraction of sp³-hybridized carbons (Fsp3) is 0.200. The Labute approximate surface area is 138 Å². The number of rotatable bonds is 3. The molecule has 7 nitrogen and oxygen atoms in total. The van der Waals surface area contributed by atoms with Crippen LogP contribution in [0.5, 0.6) is 0 Å². The third kappa shape index (κ3) is 2.39. The first-order valence-electron chi connectivity index (χ1n) is 7.36. The third-order valence-corrected chi connectivity index (χ3v) is 4.06. The van der Waals surface area contributed by atoms with Gasteiger partial charge in [0.15, 0.2) is 5.65 Å². The standard InChI is InChI=1S/C15H15FN7P/c1-8-19-11-3-2-10(20-14(11)22(8)7-13(16)24)9-4-5-23-12(9)6-18-15(17)21-23/h2-6,13H,7,24H2,1H3,(H2,17,21). The first kappa shape index (κ1) is 15.0. The number of anilines is 1. The van der Waals surface area contributed by atoms with E-state index in [4.69, 9.17) is 5.73 Å². The van der Waals surface area contributed by atoms with Crippen LogP contribution in [0.15, 0.2) is 30.6 Å². The van der Waals surface area contributed by atoms with E-state index in [1.807, 2.05) is 25.1 Å². The van der Waals surface area contributed by atoms with Crippen molar-refractivity contribution in [3.05, 3.63) is 36.4 Å². The Morgan fingerprint density at radius 3 is 2.92 bits per heavy atom. The zero-order valence-electron chi connectivity index (χ0n) is 12.9. The fourth-order valence-corrected chi connectivity index (χ4v) is 3.00. The van der Waals surface area contributed by atoms with Crippen LogP contribution in [-0.2, 0) is 6.54 Å². The Kier molecular flexibility index (Phi) is 3.42. The number of fused-ring (bicyclic) bond motifs is 2. The van der Waals surface area contributed by atoms with E-state index >= 15 is 0 Å². The highest BCUT2D eigenvalue weighted by Gasteiger charge is 2.14. The number of hydrogen-bond acceptors (Lipinski definition) is 5. The van der Waals surface area contributed by atoms with Crippen LogP contribution >= 0.6 is 9.24 Å². The zero-order chi connectivity index (χ0) is 16.8. The summed E-state index contributed by atoms with van der Waals surface area (Å²) < 4.78 is 16.9. The largest absolute Gasteiger partial charge is 0.367 e. The lowest BCUT2D eigenvalue weighted by Crippen LogP contribution is -2.07. The van der Waals surface area contributed by atoms with Crippen LogP contribution in [-0.4, -0.2) is 35.0 Å². The Hall–Kier alpha value is -2.60. The van der Waals surface area contributed by atoms with Gasteiger partial charge in [-0.25, -0.2) is 23.9 Å². The summed E-state index contributed by atoms with van der Waals surface area (Å²) in [6.07, 6.45) is 3.46. The van der Waals surface area contributed by atoms with Crippen molar-refractivity contribution in [2.45, 2.75) is 19.4 Å². The topological polar surface area (TPSA) is 86.9 Å². The second-order valence-corrected chi connectivity index (χ2v) is 6.22. The molecule has 9 heteroatoms. The van der Waals surface area contributed by atoms with Crippen LogP contribution in [0.25, 0.3) is 27.9 Å². The Morgan fingerprint density at radius 1 is 1.29 bits per heavy atom. The molecule has 0 spiro atoms. The first-order chi connectivity index (χ1) is 11.5. The molecule has 0 aliphatic rings. The van der Waals surface area contributed by atoms with E-state index in [-0.39, 0.29) is 12.5 Å². The lowest BCUT2D eigenvalue weighted by molar-refractivity contribution is 0.404. The highest BCUT2D eigenvalue weighted by Crippen LogP contribution is 2.26. The molecule has 0 radical (unpaired) electrons. The molecule has 0 amide bonds. The SMILES string of the molecule is Cc1nc2ccc(-c3ccn4nc(N)ncc34)nc2n1CC(F)P. The summed E-state index contributed by atoms with van der Waals surface area (Å²) in [4.78, 5) is 13.2. The molecule has 0 aliphatic carbocycles. The van der Waals surface area contributed by atoms with Crippen LogP contribution in [0.2, 0.25) is 0 Å². The molecule has 2 unspecified atom stereocenters. The number of nitrogens with two attached hydrogens (primary N) is 1. The number of aromatic nitrogens is 6. The molecule has 0 aromatic carbocycles. The summed E-state index contributed by atoms with van der Waals surface area (Å²) in [7, 11) is 2.15. The van der Waals surface area contributed by atoms with E-state index in [0.29, 0.717) is 5.65 Å². The van der Waals surface area contributed by atoms with Crippen LogP contribution < -0.4 is 5.73 Å². The first-order valence-corrected chi connectivity index (χ1v) is 8.03. The van der Waals surface area contributed by atoms with Crippen LogP contribution in [0.3, 0.4) is 0 Å². The molecule has 0 bridgehead atoms. The molecule has 4 rings (SSSR count). The monoisotopic (exact) mass is 343 g/mol. The average molecular weight is 343 g/mol. The Morgan fingerprint density at radius 2 is 2.12 bits per heavy atom. The molecule has 4 heterocycles. The minimum Gasteiger partial charge on any atom is -0.367 e. The van der Waals surface area contributed by atoms with E-state index in [2.05, 4.69) is 29.3 Å². The van der Waals surface area contributed by atoms with Gasteiger partial charge in [-0.2, -0.15) is 0 Å². The zero-order valence-corrected chi connectivity index (χ0v) is 14.0. The van der Waals surface area contributed by atoms with E-state index in [1.54, 1.807) is 21.5 Å². The van der Waals surface area contributed by atoms with Gasteiger partial charge in [0.25, 0.3) is 0 Å². The number of aryl methyl sites for hydroxylation is 1. The summed E-state index contributed by atoms with van der Waals surface area (Å²) >= 11 is 0. The molecule has 4 aromatic rings. The van der Waals surface area contributed by atoms with Gasteiger partial charge >= 0.3 is 0 Å². The van der Waals surface area contributed by atoms with Crippen molar-refractivity contribution in [3.63, 3.8) is 0 Å². The average Bonchev–Trinajstić information content (AvgIpc) is 3.08. The molecule has 2 atom stereocenters. The maximum Gasteiger partial charge on any atom is 0.238 e. The fourth-order valence-electron chi connectivity index (χ4n) is 2.79. The normalized spacial score (nSPS) is 13.0. The maximum atomic E-state index is 13.4. The predicted octanol–water partition coefficient (Wildman–Crippen LogP) is 2.20. The molecule has 24 heavy (non-hydrogen) atoms. The van der Waals surface area contributed by atoms with E-state index in [0.717, 1.165) is 28.1 Å². The number of imidazole rings is 1. The van der Waals surface area contributed by atoms with Crippen molar-refractivity contribution in [1.29, 1.82) is 0 Å². The number of nitrogen functional groups attached to an aromatic ring is 1. The number of hydrogen-bond donors (Lipinski definition) is 1. The van der Waals surface area contributed by atoms with Crippen molar-refractivity contribution < 1.29 is 4.39 Å². The minimum atomic E-state index is -1.06. The summed E-state index contributed by atoms with van der Waals surface area (Å²) in [5.41, 5.74) is 9.43. The van der Waals surface area contributed by atoms with Gasteiger partial charge in [0, 0.05) is 11.8 Å². The van der Waals surface area contributed by atoms with Crippen LogP contribution in [0.1, 0.15) is 5.82 Å². The molecule has 122 valence electrons. The highest BCUT2D eigenvalue weighted by atomic mass is 31.0. The van der Waals surface area contributed by atoms with Gasteiger partial charge in [-0.1, -0.05) is 9.24 Å². The van der Waals surface area contributed by atoms with Crippen molar-refractivity contribution in [1.82, 2.24) is 29.1 Å². The third-order valence-electron chi connectivity index (χ3n) is 3.85. The lowest BCUT2D eigenvalue weighted by Gasteiger charge is -2.07. The number of halogens is 1. The minimum absolute atomic E-state index is 0.194. The van der Waals surface area contributed by atoms with Gasteiger partial charge < -0.3 is 10.3 Å². The smallest absolute Gasteiger partial charge is 0.238 e. The second kappa shape index (κ2) is 5.49. The van der Waals surface area contributed by atoms with Gasteiger partial charge in [0.2, 0.25) is 5.95 Å². The van der Waals surface area contributed by atoms with E-state index in [9.17, 15) is 4.39 Å². The molecule has 4 aromatic heterocycles. The quantitative estimate of drug-likeness (QED) is 0.576. The maximum absolute atomic E-state index is 13.4. The summed E-state index contributed by atoms with van der Waals surface area (Å²) in [5, 5.41) is 4.13. The van der Waals surface area contributed by atoms with Crippen molar-refractivity contribution >= 4 is 31.9 Å². The highest BCUT2D eigenvalue weighted by molar-refractivity contribution is 7.17. The van der Waals surface area contributed by atoms with Gasteiger partial charge in [0.1, 0.15) is 17.3 Å². The number of pyridine rings is 1. The number of alkyl halides is 1. The number of nitrogens with zero attached hydrogens (tertiary/aromatic N) is 6. The van der Waals surface area contributed by atoms with Gasteiger partial charge in [-0.15, -0.1) is 5.10 Å². The van der Waals surface area contributed by atoms with Crippen LogP contribution in [0.4, 0.5) is 10.3 Å². The summed E-state index contributed by atoms with van der Waals surface area (Å²) in [6, 6.07) is 5.68. The molecular formula is C15H15FN7P. The molecule has 0 saturated carbocycles. The summed E-state index contributed by atoms with van der Waals surface area (Å²) in [6.45, 7) is 2.04. The van der Waals surface area contributed by atoms with Gasteiger partial charge in [0.05, 0.1) is 24.0 Å².